The lowest BCUT2D eigenvalue weighted by atomic mass is 9.98. The number of carboxylic acid groups (broad SMARTS) is 1. The molecule has 0 aliphatic rings. The summed E-state index contributed by atoms with van der Waals surface area (Å²) in [4.78, 5) is 15.5. The van der Waals surface area contributed by atoms with Gasteiger partial charge in [0.15, 0.2) is 0 Å². The predicted octanol–water partition coefficient (Wildman–Crippen LogP) is 5.07. The van der Waals surface area contributed by atoms with Crippen LogP contribution in [-0.2, 0) is 0 Å². The van der Waals surface area contributed by atoms with E-state index in [-0.39, 0.29) is 0 Å². The van der Waals surface area contributed by atoms with Crippen molar-refractivity contribution < 1.29 is 9.90 Å². The Kier molecular flexibility index (Phi) is 5.66. The molecule has 2 N–H and O–H groups in total. The smallest absolute Gasteiger partial charge is 0.405 e. The second kappa shape index (κ2) is 8.69. The van der Waals surface area contributed by atoms with Gasteiger partial charge in [-0.2, -0.15) is 0 Å². The molecule has 0 radical (unpaired) electrons. The van der Waals surface area contributed by atoms with Gasteiger partial charge in [0.2, 0.25) is 0 Å². The van der Waals surface area contributed by atoms with Crippen LogP contribution in [0.2, 0.25) is 0 Å². The fourth-order valence-electron chi connectivity index (χ4n) is 3.75. The van der Waals surface area contributed by atoms with E-state index in [0.29, 0.717) is 0 Å². The Morgan fingerprint density at radius 3 is 2.53 bits per heavy atom. The lowest BCUT2D eigenvalue weighted by Crippen LogP contribution is -2.29. The molecular formula is C24H24N4O2. The molecule has 6 heteroatoms. The van der Waals surface area contributed by atoms with E-state index in [1.54, 1.807) is 12.4 Å². The number of hydrogen-bond donors (Lipinski definition) is 2. The second-order valence-electron chi connectivity index (χ2n) is 7.10. The Balaban J connectivity index is 1.74. The first-order valence-electron chi connectivity index (χ1n) is 10.0. The average Bonchev–Trinajstić information content (AvgIpc) is 3.20. The standard InChI is InChI=1S/C24H24N4O2/c1-2-15-27(21-10-13-25-14-11-21)28-16-12-19-17-20(8-9-22(19)28)23(26-24(29)30)18-6-4-3-5-7-18/h3-14,16-17,23,26H,2,15H2,1H3,(H,29,30). The highest BCUT2D eigenvalue weighted by molar-refractivity contribution is 5.82. The van der Waals surface area contributed by atoms with Crippen molar-refractivity contribution in [3.05, 3.63) is 96.4 Å². The molecule has 0 aliphatic carbocycles. The maximum absolute atomic E-state index is 11.4. The Morgan fingerprint density at radius 1 is 1.07 bits per heavy atom. The highest BCUT2D eigenvalue weighted by Crippen LogP contribution is 2.28. The van der Waals surface area contributed by atoms with Crippen molar-refractivity contribution in [3.8, 4) is 0 Å². The van der Waals surface area contributed by atoms with Crippen molar-refractivity contribution in [2.24, 2.45) is 0 Å². The molecule has 0 fully saturated rings. The summed E-state index contributed by atoms with van der Waals surface area (Å²) >= 11 is 0. The first-order valence-corrected chi connectivity index (χ1v) is 10.0. The number of amides is 1. The minimum Gasteiger partial charge on any atom is -0.465 e. The molecule has 6 nitrogen and oxygen atoms in total. The van der Waals surface area contributed by atoms with E-state index >= 15 is 0 Å². The highest BCUT2D eigenvalue weighted by Gasteiger charge is 2.18. The number of carbonyl (C=O) groups is 1. The first kappa shape index (κ1) is 19.5. The van der Waals surface area contributed by atoms with Gasteiger partial charge in [-0.15, -0.1) is 0 Å². The number of nitrogens with zero attached hydrogens (tertiary/aromatic N) is 3. The maximum atomic E-state index is 11.4. The number of hydrogen-bond acceptors (Lipinski definition) is 3. The van der Waals surface area contributed by atoms with Gasteiger partial charge >= 0.3 is 6.09 Å². The minimum atomic E-state index is -1.05. The number of benzene rings is 2. The van der Waals surface area contributed by atoms with Crippen molar-refractivity contribution in [1.29, 1.82) is 0 Å². The highest BCUT2D eigenvalue weighted by atomic mass is 16.4. The van der Waals surface area contributed by atoms with Crippen LogP contribution in [0, 0.1) is 0 Å². The van der Waals surface area contributed by atoms with E-state index in [9.17, 15) is 9.90 Å². The summed E-state index contributed by atoms with van der Waals surface area (Å²) in [5.74, 6) is 0. The van der Waals surface area contributed by atoms with Crippen LogP contribution in [0.4, 0.5) is 10.5 Å². The number of fused-ring (bicyclic) bond motifs is 1. The number of rotatable bonds is 7. The molecule has 0 saturated heterocycles. The van der Waals surface area contributed by atoms with Crippen LogP contribution in [0.5, 0.6) is 0 Å². The second-order valence-corrected chi connectivity index (χ2v) is 7.10. The Morgan fingerprint density at radius 2 is 1.83 bits per heavy atom. The van der Waals surface area contributed by atoms with E-state index in [0.717, 1.165) is 40.7 Å². The summed E-state index contributed by atoms with van der Waals surface area (Å²) in [7, 11) is 0. The van der Waals surface area contributed by atoms with Crippen LogP contribution >= 0.6 is 0 Å². The molecule has 2 aromatic heterocycles. The van der Waals surface area contributed by atoms with E-state index in [1.165, 1.54) is 0 Å². The van der Waals surface area contributed by atoms with Crippen molar-refractivity contribution in [2.45, 2.75) is 19.4 Å². The van der Waals surface area contributed by atoms with Gasteiger partial charge in [0.1, 0.15) is 0 Å². The first-order chi connectivity index (χ1) is 14.7. The molecule has 0 spiro atoms. The van der Waals surface area contributed by atoms with Gasteiger partial charge in [-0.3, -0.25) is 14.7 Å². The SMILES string of the molecule is CCCN(c1ccncc1)n1ccc2cc(C(NC(=O)O)c3ccccc3)ccc21. The van der Waals surface area contributed by atoms with Crippen LogP contribution in [0.3, 0.4) is 0 Å². The molecule has 0 saturated carbocycles. The zero-order valence-electron chi connectivity index (χ0n) is 16.8. The van der Waals surface area contributed by atoms with Gasteiger partial charge in [-0.25, -0.2) is 4.79 Å². The average molecular weight is 400 g/mol. The molecule has 0 aliphatic heterocycles. The van der Waals surface area contributed by atoms with Gasteiger partial charge < -0.3 is 10.4 Å². The number of pyridine rings is 1. The third-order valence-electron chi connectivity index (χ3n) is 5.08. The Bertz CT molecular complexity index is 1130. The lowest BCUT2D eigenvalue weighted by molar-refractivity contribution is 0.191. The molecule has 152 valence electrons. The van der Waals surface area contributed by atoms with Gasteiger partial charge in [0.05, 0.1) is 17.2 Å². The molecular weight excluding hydrogens is 376 g/mol. The molecule has 2 heterocycles. The van der Waals surface area contributed by atoms with E-state index in [1.807, 2.05) is 60.8 Å². The molecule has 0 bridgehead atoms. The zero-order chi connectivity index (χ0) is 20.9. The molecule has 30 heavy (non-hydrogen) atoms. The van der Waals surface area contributed by atoms with Crippen LogP contribution in [-0.4, -0.2) is 27.4 Å². The summed E-state index contributed by atoms with van der Waals surface area (Å²) < 4.78 is 2.14. The lowest BCUT2D eigenvalue weighted by Gasteiger charge is -2.26. The quantitative estimate of drug-likeness (QED) is 0.454. The van der Waals surface area contributed by atoms with Gasteiger partial charge in [0, 0.05) is 30.5 Å². The normalized spacial score (nSPS) is 11.9. The Labute approximate surface area is 175 Å². The number of anilines is 1. The topological polar surface area (TPSA) is 70.4 Å². The monoisotopic (exact) mass is 400 g/mol. The van der Waals surface area contributed by atoms with Gasteiger partial charge in [0.25, 0.3) is 0 Å². The van der Waals surface area contributed by atoms with E-state index in [2.05, 4.69) is 39.0 Å². The number of aromatic nitrogens is 2. The van der Waals surface area contributed by atoms with Crippen LogP contribution in [0.1, 0.15) is 30.5 Å². The Hall–Kier alpha value is -3.80. The summed E-state index contributed by atoms with van der Waals surface area (Å²) in [5, 5.41) is 15.3. The molecule has 4 aromatic rings. The van der Waals surface area contributed by atoms with Crippen molar-refractivity contribution in [2.75, 3.05) is 11.6 Å². The largest absolute Gasteiger partial charge is 0.465 e. The van der Waals surface area contributed by atoms with Crippen molar-refractivity contribution in [3.63, 3.8) is 0 Å². The summed E-state index contributed by atoms with van der Waals surface area (Å²) in [6.45, 7) is 3.02. The molecule has 4 rings (SSSR count). The van der Waals surface area contributed by atoms with Gasteiger partial charge in [-0.05, 0) is 47.9 Å². The third kappa shape index (κ3) is 3.98. The van der Waals surface area contributed by atoms with E-state index in [4.69, 9.17) is 0 Å². The van der Waals surface area contributed by atoms with Crippen LogP contribution in [0.15, 0.2) is 85.3 Å². The predicted molar refractivity (Wildman–Crippen MR) is 119 cm³/mol. The third-order valence-corrected chi connectivity index (χ3v) is 5.08. The summed E-state index contributed by atoms with van der Waals surface area (Å²) in [5.41, 5.74) is 3.94. The molecule has 2 aromatic carbocycles. The maximum Gasteiger partial charge on any atom is 0.405 e. The molecule has 1 amide bonds. The van der Waals surface area contributed by atoms with Crippen molar-refractivity contribution >= 4 is 22.7 Å². The summed E-state index contributed by atoms with van der Waals surface area (Å²) in [6, 6.07) is 21.3. The number of nitrogens with one attached hydrogen (secondary N) is 1. The summed E-state index contributed by atoms with van der Waals surface area (Å²) in [6.07, 6.45) is 5.59. The van der Waals surface area contributed by atoms with Crippen LogP contribution in [0.25, 0.3) is 10.9 Å². The zero-order valence-corrected chi connectivity index (χ0v) is 16.8. The van der Waals surface area contributed by atoms with Crippen LogP contribution < -0.4 is 10.3 Å². The molecule has 1 unspecified atom stereocenters. The molecule has 1 atom stereocenters. The minimum absolute atomic E-state index is 0.427. The van der Waals surface area contributed by atoms with E-state index < -0.39 is 12.1 Å². The van der Waals surface area contributed by atoms with Gasteiger partial charge in [-0.1, -0.05) is 43.3 Å². The van der Waals surface area contributed by atoms with Crippen molar-refractivity contribution in [1.82, 2.24) is 15.0 Å². The fraction of sp³-hybridized carbons (Fsp3) is 0.167. The fourth-order valence-corrected chi connectivity index (χ4v) is 3.75.